The summed E-state index contributed by atoms with van der Waals surface area (Å²) in [5, 5.41) is 3.16. The fourth-order valence-corrected chi connectivity index (χ4v) is 2.26. The third-order valence-electron chi connectivity index (χ3n) is 3.70. The third-order valence-corrected chi connectivity index (χ3v) is 3.70. The Hall–Kier alpha value is -0.930. The van der Waals surface area contributed by atoms with Crippen LogP contribution in [0.1, 0.15) is 44.2 Å². The zero-order valence-electron chi connectivity index (χ0n) is 12.5. The quantitative estimate of drug-likeness (QED) is 0.687. The third kappa shape index (κ3) is 5.70. The van der Waals surface area contributed by atoms with Crippen LogP contribution in [0, 0.1) is 5.82 Å². The molecule has 0 saturated carbocycles. The van der Waals surface area contributed by atoms with Gasteiger partial charge in [-0.1, -0.05) is 31.0 Å². The summed E-state index contributed by atoms with van der Waals surface area (Å²) in [6, 6.07) is 7.20. The second kappa shape index (κ2) is 9.05. The van der Waals surface area contributed by atoms with Gasteiger partial charge in [-0.05, 0) is 53.0 Å². The van der Waals surface area contributed by atoms with Crippen LogP contribution in [0.4, 0.5) is 4.39 Å². The molecule has 1 unspecified atom stereocenters. The van der Waals surface area contributed by atoms with Gasteiger partial charge in [-0.2, -0.15) is 0 Å². The Balaban J connectivity index is 2.29. The first kappa shape index (κ1) is 16.1. The fourth-order valence-electron chi connectivity index (χ4n) is 2.26. The van der Waals surface area contributed by atoms with Crippen molar-refractivity contribution in [2.75, 3.05) is 27.2 Å². The summed E-state index contributed by atoms with van der Waals surface area (Å²) >= 11 is 0. The first-order valence-corrected chi connectivity index (χ1v) is 7.26. The van der Waals surface area contributed by atoms with Crippen molar-refractivity contribution in [1.82, 2.24) is 10.2 Å². The van der Waals surface area contributed by atoms with Gasteiger partial charge in [0.1, 0.15) is 5.82 Å². The molecular weight excluding hydrogens is 239 g/mol. The van der Waals surface area contributed by atoms with Crippen LogP contribution in [0.15, 0.2) is 24.3 Å². The lowest BCUT2D eigenvalue weighted by Gasteiger charge is -2.25. The van der Waals surface area contributed by atoms with Crippen molar-refractivity contribution in [3.05, 3.63) is 35.6 Å². The second-order valence-corrected chi connectivity index (χ2v) is 5.20. The van der Waals surface area contributed by atoms with Crippen LogP contribution in [0.25, 0.3) is 0 Å². The molecule has 1 atom stereocenters. The van der Waals surface area contributed by atoms with Crippen molar-refractivity contribution < 1.29 is 4.39 Å². The molecule has 1 N–H and O–H groups in total. The van der Waals surface area contributed by atoms with Gasteiger partial charge < -0.3 is 5.32 Å². The summed E-state index contributed by atoms with van der Waals surface area (Å²) in [6.45, 7) is 4.19. The summed E-state index contributed by atoms with van der Waals surface area (Å²) in [4.78, 5) is 2.23. The van der Waals surface area contributed by atoms with Gasteiger partial charge in [-0.3, -0.25) is 4.90 Å². The maximum absolute atomic E-state index is 13.7. The number of unbranched alkanes of at least 4 members (excludes halogenated alkanes) is 3. The molecular formula is C16H27FN2. The van der Waals surface area contributed by atoms with E-state index in [0.29, 0.717) is 0 Å². The maximum atomic E-state index is 13.7. The molecule has 0 bridgehead atoms. The molecule has 3 heteroatoms. The van der Waals surface area contributed by atoms with Crippen molar-refractivity contribution in [2.24, 2.45) is 0 Å². The lowest BCUT2D eigenvalue weighted by atomic mass is 10.1. The lowest BCUT2D eigenvalue weighted by Crippen LogP contribution is -2.24. The van der Waals surface area contributed by atoms with E-state index in [4.69, 9.17) is 0 Å². The lowest BCUT2D eigenvalue weighted by molar-refractivity contribution is 0.250. The minimum absolute atomic E-state index is 0.101. The first-order chi connectivity index (χ1) is 9.16. The average Bonchev–Trinajstić information content (AvgIpc) is 2.42. The number of benzene rings is 1. The minimum atomic E-state index is -0.101. The number of hydrogen-bond acceptors (Lipinski definition) is 2. The predicted octanol–water partition coefficient (Wildman–Crippen LogP) is 3.60. The van der Waals surface area contributed by atoms with Gasteiger partial charge in [0.2, 0.25) is 0 Å². The van der Waals surface area contributed by atoms with E-state index >= 15 is 0 Å². The van der Waals surface area contributed by atoms with Crippen molar-refractivity contribution in [2.45, 2.75) is 38.6 Å². The molecule has 0 heterocycles. The SMILES string of the molecule is CNCCCCCCN(C)C(C)c1ccccc1F. The van der Waals surface area contributed by atoms with E-state index in [2.05, 4.69) is 24.2 Å². The molecule has 0 fully saturated rings. The molecule has 0 radical (unpaired) electrons. The van der Waals surface area contributed by atoms with Gasteiger partial charge in [0.15, 0.2) is 0 Å². The summed E-state index contributed by atoms with van der Waals surface area (Å²) in [7, 11) is 4.06. The van der Waals surface area contributed by atoms with E-state index in [1.54, 1.807) is 6.07 Å². The summed E-state index contributed by atoms with van der Waals surface area (Å²) in [5.74, 6) is -0.101. The zero-order chi connectivity index (χ0) is 14.1. The average molecular weight is 266 g/mol. The van der Waals surface area contributed by atoms with Gasteiger partial charge in [0.05, 0.1) is 0 Å². The number of rotatable bonds is 9. The molecule has 0 spiro atoms. The highest BCUT2D eigenvalue weighted by molar-refractivity contribution is 5.20. The molecule has 0 amide bonds. The Kier molecular flexibility index (Phi) is 7.68. The van der Waals surface area contributed by atoms with Crippen LogP contribution in [0.3, 0.4) is 0 Å². The Morgan fingerprint density at radius 3 is 2.53 bits per heavy atom. The van der Waals surface area contributed by atoms with Gasteiger partial charge in [-0.15, -0.1) is 0 Å². The maximum Gasteiger partial charge on any atom is 0.127 e. The standard InChI is InChI=1S/C16H27FN2/c1-14(15-10-6-7-11-16(15)17)19(3)13-9-5-4-8-12-18-2/h6-7,10-11,14,18H,4-5,8-9,12-13H2,1-3H3. The summed E-state index contributed by atoms with van der Waals surface area (Å²) in [6.07, 6.45) is 4.93. The highest BCUT2D eigenvalue weighted by Crippen LogP contribution is 2.21. The second-order valence-electron chi connectivity index (χ2n) is 5.20. The normalized spacial score (nSPS) is 12.9. The fraction of sp³-hybridized carbons (Fsp3) is 0.625. The largest absolute Gasteiger partial charge is 0.320 e. The van der Waals surface area contributed by atoms with Gasteiger partial charge >= 0.3 is 0 Å². The van der Waals surface area contributed by atoms with Crippen LogP contribution in [0.5, 0.6) is 0 Å². The van der Waals surface area contributed by atoms with Gasteiger partial charge in [-0.25, -0.2) is 4.39 Å². The van der Waals surface area contributed by atoms with E-state index in [0.717, 1.165) is 18.7 Å². The predicted molar refractivity (Wildman–Crippen MR) is 79.8 cm³/mol. The van der Waals surface area contributed by atoms with Gasteiger partial charge in [0, 0.05) is 11.6 Å². The molecule has 0 aliphatic carbocycles. The molecule has 0 aliphatic heterocycles. The molecule has 108 valence electrons. The zero-order valence-corrected chi connectivity index (χ0v) is 12.5. The van der Waals surface area contributed by atoms with E-state index in [9.17, 15) is 4.39 Å². The van der Waals surface area contributed by atoms with Crippen LogP contribution < -0.4 is 5.32 Å². The molecule has 0 aromatic heterocycles. The van der Waals surface area contributed by atoms with E-state index in [1.807, 2.05) is 19.2 Å². The number of halogens is 1. The van der Waals surface area contributed by atoms with Gasteiger partial charge in [0.25, 0.3) is 0 Å². The van der Waals surface area contributed by atoms with E-state index < -0.39 is 0 Å². The molecule has 1 aromatic rings. The number of nitrogens with one attached hydrogen (secondary N) is 1. The molecule has 0 aliphatic rings. The number of hydrogen-bond donors (Lipinski definition) is 1. The highest BCUT2D eigenvalue weighted by Gasteiger charge is 2.14. The highest BCUT2D eigenvalue weighted by atomic mass is 19.1. The topological polar surface area (TPSA) is 15.3 Å². The summed E-state index contributed by atoms with van der Waals surface area (Å²) in [5.41, 5.74) is 0.792. The van der Waals surface area contributed by atoms with E-state index in [-0.39, 0.29) is 11.9 Å². The molecule has 1 rings (SSSR count). The molecule has 0 saturated heterocycles. The minimum Gasteiger partial charge on any atom is -0.320 e. The molecule has 2 nitrogen and oxygen atoms in total. The van der Waals surface area contributed by atoms with Crippen molar-refractivity contribution in [1.29, 1.82) is 0 Å². The van der Waals surface area contributed by atoms with Crippen LogP contribution >= 0.6 is 0 Å². The Bertz CT molecular complexity index is 354. The molecule has 19 heavy (non-hydrogen) atoms. The Labute approximate surface area is 117 Å². The smallest absolute Gasteiger partial charge is 0.127 e. The van der Waals surface area contributed by atoms with Crippen molar-refractivity contribution in [3.63, 3.8) is 0 Å². The van der Waals surface area contributed by atoms with Crippen molar-refractivity contribution >= 4 is 0 Å². The van der Waals surface area contributed by atoms with Crippen molar-refractivity contribution in [3.8, 4) is 0 Å². The molecule has 1 aromatic carbocycles. The van der Waals surface area contributed by atoms with Crippen LogP contribution in [-0.4, -0.2) is 32.1 Å². The van der Waals surface area contributed by atoms with Crippen LogP contribution in [0.2, 0.25) is 0 Å². The van der Waals surface area contributed by atoms with E-state index in [1.165, 1.54) is 31.7 Å². The monoisotopic (exact) mass is 266 g/mol. The number of nitrogens with zero attached hydrogens (tertiary/aromatic N) is 1. The first-order valence-electron chi connectivity index (χ1n) is 7.26. The summed E-state index contributed by atoms with van der Waals surface area (Å²) < 4.78 is 13.7. The Morgan fingerprint density at radius 2 is 1.84 bits per heavy atom. The van der Waals surface area contributed by atoms with Crippen LogP contribution in [-0.2, 0) is 0 Å². The Morgan fingerprint density at radius 1 is 1.16 bits per heavy atom.